The predicted octanol–water partition coefficient (Wildman–Crippen LogP) is 3.32. The fraction of sp³-hybridized carbons (Fsp3) is 0.182. The molecule has 0 fully saturated rings. The van der Waals surface area contributed by atoms with Gasteiger partial charge >= 0.3 is 5.97 Å². The lowest BCUT2D eigenvalue weighted by atomic mass is 10.1. The second-order valence-electron chi connectivity index (χ2n) is 6.71. The number of carbonyl (C=O) groups excluding carboxylic acids is 1. The molecule has 10 nitrogen and oxygen atoms in total. The quantitative estimate of drug-likeness (QED) is 0.459. The Balaban J connectivity index is 1.85. The third-order valence-corrected chi connectivity index (χ3v) is 4.77. The Labute approximate surface area is 183 Å². The van der Waals surface area contributed by atoms with Crippen molar-refractivity contribution in [3.63, 3.8) is 0 Å². The van der Waals surface area contributed by atoms with Crippen molar-refractivity contribution in [2.75, 3.05) is 19.0 Å². The van der Waals surface area contributed by atoms with Gasteiger partial charge in [0.25, 0.3) is 0 Å². The Morgan fingerprint density at radius 3 is 2.91 bits per heavy atom. The number of rotatable bonds is 6. The molecule has 3 heterocycles. The first-order chi connectivity index (χ1) is 15.6. The van der Waals surface area contributed by atoms with Gasteiger partial charge in [-0.1, -0.05) is 12.1 Å². The summed E-state index contributed by atoms with van der Waals surface area (Å²) in [6.45, 7) is 3.87. The largest absolute Gasteiger partial charge is 0.494 e. The molecule has 0 bridgehead atoms. The van der Waals surface area contributed by atoms with Crippen LogP contribution in [0.2, 0.25) is 0 Å². The van der Waals surface area contributed by atoms with Gasteiger partial charge < -0.3 is 14.8 Å². The number of nitrogens with one attached hydrogen (secondary N) is 1. The molecule has 0 saturated carbocycles. The molecular weight excluding hydrogens is 410 g/mol. The molecule has 0 saturated heterocycles. The average Bonchev–Trinajstić information content (AvgIpc) is 3.21. The molecule has 0 unspecified atom stereocenters. The molecule has 1 aromatic carbocycles. The second-order valence-corrected chi connectivity index (χ2v) is 6.71. The third-order valence-electron chi connectivity index (χ3n) is 4.77. The predicted molar refractivity (Wildman–Crippen MR) is 116 cm³/mol. The zero-order valence-corrected chi connectivity index (χ0v) is 17.7. The molecule has 0 radical (unpaired) electrons. The molecule has 0 amide bonds. The summed E-state index contributed by atoms with van der Waals surface area (Å²) < 4.78 is 12.0. The minimum Gasteiger partial charge on any atom is -0.494 e. The number of esters is 1. The van der Waals surface area contributed by atoms with E-state index >= 15 is 0 Å². The molecule has 32 heavy (non-hydrogen) atoms. The highest BCUT2D eigenvalue weighted by molar-refractivity contribution is 5.95. The molecule has 0 spiro atoms. The van der Waals surface area contributed by atoms with Crippen LogP contribution in [0.15, 0.2) is 43.0 Å². The van der Waals surface area contributed by atoms with Crippen LogP contribution in [0.25, 0.3) is 16.7 Å². The summed E-state index contributed by atoms with van der Waals surface area (Å²) in [6, 6.07) is 9.63. The fourth-order valence-electron chi connectivity index (χ4n) is 3.27. The van der Waals surface area contributed by atoms with Crippen LogP contribution in [0, 0.1) is 18.3 Å². The molecule has 10 heteroatoms. The summed E-state index contributed by atoms with van der Waals surface area (Å²) in [7, 11) is 1.58. The van der Waals surface area contributed by atoms with Crippen LogP contribution >= 0.6 is 0 Å². The number of methoxy groups -OCH3 is 1. The van der Waals surface area contributed by atoms with Gasteiger partial charge in [0.2, 0.25) is 0 Å². The monoisotopic (exact) mass is 429 g/mol. The molecule has 0 aliphatic heterocycles. The van der Waals surface area contributed by atoms with E-state index in [0.29, 0.717) is 22.9 Å². The molecule has 0 aliphatic carbocycles. The number of para-hydroxylation sites is 1. The summed E-state index contributed by atoms with van der Waals surface area (Å²) >= 11 is 0. The number of benzene rings is 1. The zero-order chi connectivity index (χ0) is 22.7. The number of hydrogen-bond acceptors (Lipinski definition) is 9. The maximum atomic E-state index is 12.3. The second kappa shape index (κ2) is 8.69. The Morgan fingerprint density at radius 2 is 2.16 bits per heavy atom. The number of carbonyl (C=O) groups is 1. The maximum Gasteiger partial charge on any atom is 0.343 e. The SMILES string of the molecule is CCOC(=O)c1cncnc1Nc1c(C#N)cnn1-c1cc(C)c2cccc(OC)c2n1. The Kier molecular flexibility index (Phi) is 5.63. The first kappa shape index (κ1) is 20.7. The summed E-state index contributed by atoms with van der Waals surface area (Å²) in [5, 5.41) is 17.9. The van der Waals surface area contributed by atoms with E-state index in [0.717, 1.165) is 10.9 Å². The van der Waals surface area contributed by atoms with Gasteiger partial charge in [0.15, 0.2) is 11.6 Å². The number of anilines is 2. The van der Waals surface area contributed by atoms with Crippen molar-refractivity contribution in [2.45, 2.75) is 13.8 Å². The summed E-state index contributed by atoms with van der Waals surface area (Å²) in [4.78, 5) is 25.1. The topological polar surface area (TPSA) is 128 Å². The van der Waals surface area contributed by atoms with Gasteiger partial charge in [-0.3, -0.25) is 0 Å². The number of fused-ring (bicyclic) bond motifs is 1. The minimum atomic E-state index is -0.579. The van der Waals surface area contributed by atoms with Gasteiger partial charge in [-0.15, -0.1) is 0 Å². The van der Waals surface area contributed by atoms with Crippen LogP contribution in [0.5, 0.6) is 5.75 Å². The van der Waals surface area contributed by atoms with Crippen molar-refractivity contribution in [1.29, 1.82) is 5.26 Å². The Hall–Kier alpha value is -4.52. The molecule has 4 aromatic rings. The van der Waals surface area contributed by atoms with E-state index in [1.165, 1.54) is 23.4 Å². The number of ether oxygens (including phenoxy) is 2. The van der Waals surface area contributed by atoms with Crippen molar-refractivity contribution < 1.29 is 14.3 Å². The number of hydrogen-bond donors (Lipinski definition) is 1. The highest BCUT2D eigenvalue weighted by Crippen LogP contribution is 2.30. The lowest BCUT2D eigenvalue weighted by Gasteiger charge is -2.14. The van der Waals surface area contributed by atoms with E-state index in [2.05, 4.69) is 26.5 Å². The number of nitrogens with zero attached hydrogens (tertiary/aromatic N) is 6. The molecule has 0 atom stereocenters. The van der Waals surface area contributed by atoms with Gasteiger partial charge in [0.05, 0.1) is 19.9 Å². The van der Waals surface area contributed by atoms with E-state index in [9.17, 15) is 10.1 Å². The van der Waals surface area contributed by atoms with E-state index < -0.39 is 5.97 Å². The number of aromatic nitrogens is 5. The number of nitriles is 1. The van der Waals surface area contributed by atoms with Gasteiger partial charge in [0, 0.05) is 11.6 Å². The van der Waals surface area contributed by atoms with E-state index in [1.54, 1.807) is 14.0 Å². The van der Waals surface area contributed by atoms with Gasteiger partial charge in [-0.05, 0) is 31.5 Å². The van der Waals surface area contributed by atoms with Crippen LogP contribution < -0.4 is 10.1 Å². The molecule has 0 aliphatic rings. The normalized spacial score (nSPS) is 10.6. The highest BCUT2D eigenvalue weighted by Gasteiger charge is 2.20. The summed E-state index contributed by atoms with van der Waals surface area (Å²) in [5.41, 5.74) is 2.01. The van der Waals surface area contributed by atoms with Crippen LogP contribution in [-0.4, -0.2) is 44.4 Å². The van der Waals surface area contributed by atoms with Crippen LogP contribution in [0.3, 0.4) is 0 Å². The maximum absolute atomic E-state index is 12.3. The van der Waals surface area contributed by atoms with Gasteiger partial charge in [-0.2, -0.15) is 15.0 Å². The highest BCUT2D eigenvalue weighted by atomic mass is 16.5. The van der Waals surface area contributed by atoms with Gasteiger partial charge in [-0.25, -0.2) is 19.7 Å². The fourth-order valence-corrected chi connectivity index (χ4v) is 3.27. The first-order valence-corrected chi connectivity index (χ1v) is 9.74. The molecule has 4 rings (SSSR count). The van der Waals surface area contributed by atoms with Crippen LogP contribution in [-0.2, 0) is 4.74 Å². The van der Waals surface area contributed by atoms with Gasteiger partial charge in [0.1, 0.15) is 40.6 Å². The first-order valence-electron chi connectivity index (χ1n) is 9.74. The standard InChI is InChI=1S/C22H19N7O3/c1-4-32-22(30)16-11-24-12-25-20(16)28-21-14(9-23)10-26-29(21)18-8-13(2)15-6-5-7-17(31-3)19(15)27-18/h5-8,10-12H,4H2,1-3H3,(H,24,25,28). The number of pyridine rings is 1. The molecule has 160 valence electrons. The molecular formula is C22H19N7O3. The summed E-state index contributed by atoms with van der Waals surface area (Å²) in [6.07, 6.45) is 4.06. The van der Waals surface area contributed by atoms with Crippen LogP contribution in [0.4, 0.5) is 11.6 Å². The van der Waals surface area contributed by atoms with Crippen molar-refractivity contribution in [2.24, 2.45) is 0 Å². The van der Waals surface area contributed by atoms with E-state index in [1.807, 2.05) is 31.2 Å². The lowest BCUT2D eigenvalue weighted by molar-refractivity contribution is 0.0526. The van der Waals surface area contributed by atoms with E-state index in [4.69, 9.17) is 14.5 Å². The Morgan fingerprint density at radius 1 is 1.31 bits per heavy atom. The van der Waals surface area contributed by atoms with Crippen LogP contribution in [0.1, 0.15) is 28.4 Å². The molecule has 1 N–H and O–H groups in total. The lowest BCUT2D eigenvalue weighted by Crippen LogP contribution is -2.12. The van der Waals surface area contributed by atoms with Crippen molar-refractivity contribution in [3.05, 3.63) is 59.7 Å². The zero-order valence-electron chi connectivity index (χ0n) is 17.7. The smallest absolute Gasteiger partial charge is 0.343 e. The van der Waals surface area contributed by atoms with Crippen molar-refractivity contribution >= 4 is 28.5 Å². The Bertz CT molecular complexity index is 1360. The average molecular weight is 429 g/mol. The molecule has 3 aromatic heterocycles. The van der Waals surface area contributed by atoms with Crippen molar-refractivity contribution in [1.82, 2.24) is 24.7 Å². The third kappa shape index (κ3) is 3.67. The van der Waals surface area contributed by atoms with Crippen molar-refractivity contribution in [3.8, 4) is 17.6 Å². The summed E-state index contributed by atoms with van der Waals surface area (Å²) in [5.74, 6) is 1.000. The van der Waals surface area contributed by atoms with E-state index in [-0.39, 0.29) is 23.6 Å². The minimum absolute atomic E-state index is 0.135. The number of aryl methyl sites for hydroxylation is 1.